The molecule has 8 heteroatoms. The van der Waals surface area contributed by atoms with Gasteiger partial charge in [-0.3, -0.25) is 14.8 Å². The van der Waals surface area contributed by atoms with Gasteiger partial charge < -0.3 is 4.90 Å². The van der Waals surface area contributed by atoms with Gasteiger partial charge in [0.15, 0.2) is 0 Å². The highest BCUT2D eigenvalue weighted by Crippen LogP contribution is 2.20. The number of H-pyrrole nitrogens is 1. The van der Waals surface area contributed by atoms with Crippen molar-refractivity contribution in [2.24, 2.45) is 0 Å². The van der Waals surface area contributed by atoms with Crippen molar-refractivity contribution >= 4 is 5.91 Å². The van der Waals surface area contributed by atoms with Crippen molar-refractivity contribution in [3.05, 3.63) is 29.6 Å². The van der Waals surface area contributed by atoms with Gasteiger partial charge in [0.05, 0.1) is 25.0 Å². The van der Waals surface area contributed by atoms with Crippen LogP contribution in [0, 0.1) is 0 Å². The van der Waals surface area contributed by atoms with E-state index in [0.717, 1.165) is 16.2 Å². The summed E-state index contributed by atoms with van der Waals surface area (Å²) in [6.45, 7) is 0.0156. The first kappa shape index (κ1) is 14.6. The Morgan fingerprint density at radius 3 is 2.95 bits per heavy atom. The van der Waals surface area contributed by atoms with Crippen LogP contribution in [-0.2, 0) is 17.9 Å². The third-order valence-electron chi connectivity index (χ3n) is 2.96. The van der Waals surface area contributed by atoms with Crippen LogP contribution in [0.4, 0.5) is 13.2 Å². The maximum absolute atomic E-state index is 12.1. The lowest BCUT2D eigenvalue weighted by atomic mass is 10.3. The number of fused-ring (bicyclic) bond motifs is 1. The summed E-state index contributed by atoms with van der Waals surface area (Å²) in [5, 5.41) is 6.66. The van der Waals surface area contributed by atoms with E-state index in [2.05, 4.69) is 10.2 Å². The lowest BCUT2D eigenvalue weighted by Crippen LogP contribution is -2.31. The third-order valence-corrected chi connectivity index (χ3v) is 2.96. The van der Waals surface area contributed by atoms with E-state index in [-0.39, 0.29) is 12.5 Å². The van der Waals surface area contributed by atoms with Gasteiger partial charge in [0.2, 0.25) is 5.91 Å². The molecule has 0 bridgehead atoms. The van der Waals surface area contributed by atoms with Gasteiger partial charge in [0.25, 0.3) is 0 Å². The molecule has 110 valence electrons. The molecule has 1 N–H and O–H groups in total. The number of likely N-dealkylation sites (N-methyl/N-ethyl adjacent to an activating group) is 1. The van der Waals surface area contributed by atoms with Crippen molar-refractivity contribution in [3.63, 3.8) is 0 Å². The number of nitrogens with one attached hydrogen (secondary N) is 1. The Morgan fingerprint density at radius 2 is 2.30 bits per heavy atom. The van der Waals surface area contributed by atoms with Gasteiger partial charge in [0, 0.05) is 24.7 Å². The molecule has 2 rings (SSSR count). The fraction of sp³-hybridized carbons (Fsp3) is 0.500. The first-order valence-electron chi connectivity index (χ1n) is 6.07. The van der Waals surface area contributed by atoms with Crippen LogP contribution < -0.4 is 0 Å². The monoisotopic (exact) mass is 288 g/mol. The second-order valence-electron chi connectivity index (χ2n) is 4.78. The summed E-state index contributed by atoms with van der Waals surface area (Å²) in [4.78, 5) is 14.5. The average Bonchev–Trinajstić information content (AvgIpc) is 2.85. The number of nitrogens with zero attached hydrogens (tertiary/aromatic N) is 3. The molecule has 0 saturated carbocycles. The summed E-state index contributed by atoms with van der Waals surface area (Å²) in [6.07, 6.45) is 0.200. The van der Waals surface area contributed by atoms with Gasteiger partial charge in [-0.2, -0.15) is 18.3 Å². The number of carbonyl (C=O) groups excluding carboxylic acids is 1. The highest BCUT2D eigenvalue weighted by atomic mass is 19.4. The summed E-state index contributed by atoms with van der Waals surface area (Å²) in [5.74, 6) is -0.213. The summed E-state index contributed by atoms with van der Waals surface area (Å²) >= 11 is 0. The molecular formula is C12H15F3N4O. The van der Waals surface area contributed by atoms with Crippen molar-refractivity contribution in [2.45, 2.75) is 19.3 Å². The Bertz CT molecular complexity index is 489. The first-order chi connectivity index (χ1) is 9.35. The van der Waals surface area contributed by atoms with E-state index in [1.807, 2.05) is 0 Å². The molecule has 0 radical (unpaired) electrons. The van der Waals surface area contributed by atoms with Crippen LogP contribution in [0.2, 0.25) is 0 Å². The Hall–Kier alpha value is -1.83. The fourth-order valence-electron chi connectivity index (χ4n) is 2.03. The van der Waals surface area contributed by atoms with Gasteiger partial charge in [-0.05, 0) is 7.05 Å². The standard InChI is InChI=1S/C12H15F3N4O/c1-18(8-12(13,14)15)4-2-3-11(20)19-6-9-5-16-17-10(9)7-19/h2-3,5H,4,6-8H2,1H3,(H,16,17)/b3-2+. The number of aromatic nitrogens is 2. The Kier molecular flexibility index (Phi) is 4.12. The summed E-state index contributed by atoms with van der Waals surface area (Å²) in [7, 11) is 1.36. The van der Waals surface area contributed by atoms with E-state index < -0.39 is 12.7 Å². The minimum atomic E-state index is -4.22. The van der Waals surface area contributed by atoms with Crippen LogP contribution in [0.15, 0.2) is 18.3 Å². The van der Waals surface area contributed by atoms with Crippen LogP contribution in [0.5, 0.6) is 0 Å². The topological polar surface area (TPSA) is 52.2 Å². The number of hydrogen-bond donors (Lipinski definition) is 1. The molecule has 0 aliphatic carbocycles. The largest absolute Gasteiger partial charge is 0.401 e. The Morgan fingerprint density at radius 1 is 1.55 bits per heavy atom. The van der Waals surface area contributed by atoms with Gasteiger partial charge >= 0.3 is 6.18 Å². The summed E-state index contributed by atoms with van der Waals surface area (Å²) in [5.41, 5.74) is 1.88. The summed E-state index contributed by atoms with van der Waals surface area (Å²) < 4.78 is 36.3. The zero-order chi connectivity index (χ0) is 14.8. The van der Waals surface area contributed by atoms with Crippen LogP contribution in [0.3, 0.4) is 0 Å². The smallest absolute Gasteiger partial charge is 0.329 e. The van der Waals surface area contributed by atoms with Crippen LogP contribution in [0.25, 0.3) is 0 Å². The van der Waals surface area contributed by atoms with Crippen molar-refractivity contribution in [1.82, 2.24) is 20.0 Å². The van der Waals surface area contributed by atoms with Crippen molar-refractivity contribution in [1.29, 1.82) is 0 Å². The van der Waals surface area contributed by atoms with Gasteiger partial charge in [-0.1, -0.05) is 6.08 Å². The molecule has 0 saturated heterocycles. The molecule has 1 aromatic heterocycles. The normalized spacial score (nSPS) is 15.3. The Balaban J connectivity index is 1.78. The second kappa shape index (κ2) is 5.66. The predicted molar refractivity (Wildman–Crippen MR) is 65.5 cm³/mol. The fourth-order valence-corrected chi connectivity index (χ4v) is 2.03. The van der Waals surface area contributed by atoms with E-state index in [1.165, 1.54) is 19.2 Å². The number of halogens is 3. The van der Waals surface area contributed by atoms with Crippen LogP contribution in [-0.4, -0.2) is 52.2 Å². The number of rotatable bonds is 4. The van der Waals surface area contributed by atoms with Crippen molar-refractivity contribution in [3.8, 4) is 0 Å². The number of hydrogen-bond acceptors (Lipinski definition) is 3. The number of aromatic amines is 1. The molecule has 0 unspecified atom stereocenters. The van der Waals surface area contributed by atoms with Gasteiger partial charge in [-0.15, -0.1) is 0 Å². The molecule has 0 spiro atoms. The molecule has 0 fully saturated rings. The molecule has 1 aliphatic rings. The van der Waals surface area contributed by atoms with E-state index in [0.29, 0.717) is 13.1 Å². The highest BCUT2D eigenvalue weighted by molar-refractivity contribution is 5.87. The predicted octanol–water partition coefficient (Wildman–Crippen LogP) is 1.30. The molecule has 1 aliphatic heterocycles. The van der Waals surface area contributed by atoms with Crippen LogP contribution in [0.1, 0.15) is 11.3 Å². The third kappa shape index (κ3) is 3.83. The zero-order valence-electron chi connectivity index (χ0n) is 10.9. The molecule has 1 aromatic rings. The zero-order valence-corrected chi connectivity index (χ0v) is 10.9. The molecule has 20 heavy (non-hydrogen) atoms. The molecule has 1 amide bonds. The molecule has 0 atom stereocenters. The maximum Gasteiger partial charge on any atom is 0.401 e. The van der Waals surface area contributed by atoms with Crippen molar-refractivity contribution < 1.29 is 18.0 Å². The molecule has 5 nitrogen and oxygen atoms in total. The van der Waals surface area contributed by atoms with Crippen molar-refractivity contribution in [2.75, 3.05) is 20.1 Å². The number of alkyl halides is 3. The van der Waals surface area contributed by atoms with E-state index in [1.54, 1.807) is 11.1 Å². The first-order valence-corrected chi connectivity index (χ1v) is 6.07. The Labute approximate surface area is 114 Å². The number of amides is 1. The van der Waals surface area contributed by atoms with E-state index in [4.69, 9.17) is 0 Å². The van der Waals surface area contributed by atoms with E-state index >= 15 is 0 Å². The second-order valence-corrected chi connectivity index (χ2v) is 4.78. The lowest BCUT2D eigenvalue weighted by Gasteiger charge is -2.16. The molecule has 2 heterocycles. The minimum absolute atomic E-state index is 0.0753. The average molecular weight is 288 g/mol. The SMILES string of the molecule is CN(C/C=C/C(=O)N1Cc2cn[nH]c2C1)CC(F)(F)F. The minimum Gasteiger partial charge on any atom is -0.329 e. The van der Waals surface area contributed by atoms with Gasteiger partial charge in [-0.25, -0.2) is 0 Å². The maximum atomic E-state index is 12.1. The highest BCUT2D eigenvalue weighted by Gasteiger charge is 2.28. The van der Waals surface area contributed by atoms with Gasteiger partial charge in [0.1, 0.15) is 0 Å². The molecular weight excluding hydrogens is 273 g/mol. The van der Waals surface area contributed by atoms with Crippen LogP contribution >= 0.6 is 0 Å². The number of carbonyl (C=O) groups is 1. The quantitative estimate of drug-likeness (QED) is 0.850. The molecule has 0 aromatic carbocycles. The van der Waals surface area contributed by atoms with E-state index in [9.17, 15) is 18.0 Å². The summed E-state index contributed by atoms with van der Waals surface area (Å²) in [6, 6.07) is 0. The lowest BCUT2D eigenvalue weighted by molar-refractivity contribution is -0.141.